The van der Waals surface area contributed by atoms with Crippen LogP contribution in [0.2, 0.25) is 0 Å². The number of hydrogen-bond donors (Lipinski definition) is 5. The van der Waals surface area contributed by atoms with Gasteiger partial charge in [-0.2, -0.15) is 0 Å². The van der Waals surface area contributed by atoms with Crippen molar-refractivity contribution in [3.63, 3.8) is 0 Å². The molecule has 2 heterocycles. The Morgan fingerprint density at radius 3 is 2.32 bits per heavy atom. The largest absolute Gasteiger partial charge is 0.390 e. The maximum atomic E-state index is 11.7. The van der Waals surface area contributed by atoms with E-state index in [1.54, 1.807) is 0 Å². The van der Waals surface area contributed by atoms with Gasteiger partial charge in [-0.25, -0.2) is 0 Å². The Hall–Kier alpha value is -0.540. The zero-order chi connectivity index (χ0) is 24.4. The van der Waals surface area contributed by atoms with Gasteiger partial charge in [0.2, 0.25) is 0 Å². The van der Waals surface area contributed by atoms with Crippen molar-refractivity contribution in [2.45, 2.75) is 108 Å². The van der Waals surface area contributed by atoms with Gasteiger partial charge in [-0.05, 0) is 67.6 Å². The first-order chi connectivity index (χ1) is 15.9. The highest BCUT2D eigenvalue weighted by Crippen LogP contribution is 2.71. The Kier molecular flexibility index (Phi) is 5.10. The fourth-order valence-electron chi connectivity index (χ4n) is 10.2. The van der Waals surface area contributed by atoms with Gasteiger partial charge in [0.15, 0.2) is 5.79 Å². The standard InChI is InChI=1S/C27H42O7/c1-13-5-10-27(33-12-13)14(2)19-18(34-27)11-17-15-6-9-26(32)23(31)21(29)20(28)22(30)25(26,4)16(15)7-8-24(17,19)3/h14-23,28-32H,1,5-12H2,2-4H3/t14-,15+,16-,17-,18-,19-,20+,21-,22+,23-,24-,25-,26-,27+/m0/s1. The minimum Gasteiger partial charge on any atom is -0.390 e. The van der Waals surface area contributed by atoms with Gasteiger partial charge >= 0.3 is 0 Å². The third-order valence-corrected chi connectivity index (χ3v) is 12.1. The summed E-state index contributed by atoms with van der Waals surface area (Å²) in [4.78, 5) is 0. The summed E-state index contributed by atoms with van der Waals surface area (Å²) in [6, 6.07) is 0. The van der Waals surface area contributed by atoms with Crippen LogP contribution in [0.4, 0.5) is 0 Å². The van der Waals surface area contributed by atoms with E-state index >= 15 is 0 Å². The SMILES string of the molecule is C=C1CC[C@@]2(OC1)O[C@H]1C[C@H]3[C@@H]4CC[C@]5(O)[C@@H](O)[C@@H](O)[C@@H](O)[C@@H](O)[C@]5(C)[C@H]4CC[C@]3(C)[C@H]1[C@@H]2C. The first kappa shape index (κ1) is 23.8. The van der Waals surface area contributed by atoms with E-state index in [9.17, 15) is 25.5 Å². The van der Waals surface area contributed by atoms with Gasteiger partial charge in [0.25, 0.3) is 0 Å². The molecule has 0 unspecified atom stereocenters. The summed E-state index contributed by atoms with van der Waals surface area (Å²) in [5.41, 5.74) is -1.50. The molecule has 0 bridgehead atoms. The first-order valence-corrected chi connectivity index (χ1v) is 13.3. The van der Waals surface area contributed by atoms with Crippen molar-refractivity contribution in [1.82, 2.24) is 0 Å². The minimum absolute atomic E-state index is 0.0477. The molecule has 4 saturated carbocycles. The third kappa shape index (κ3) is 2.62. The summed E-state index contributed by atoms with van der Waals surface area (Å²) in [7, 11) is 0. The van der Waals surface area contributed by atoms with Gasteiger partial charge in [0, 0.05) is 17.8 Å². The molecule has 2 saturated heterocycles. The molecule has 0 aromatic carbocycles. The highest BCUT2D eigenvalue weighted by Gasteiger charge is 2.74. The Bertz CT molecular complexity index is 867. The lowest BCUT2D eigenvalue weighted by atomic mass is 9.41. The van der Waals surface area contributed by atoms with Crippen LogP contribution in [0.15, 0.2) is 12.2 Å². The molecule has 0 radical (unpaired) electrons. The van der Waals surface area contributed by atoms with Crippen molar-refractivity contribution >= 4 is 0 Å². The predicted molar refractivity (Wildman–Crippen MR) is 123 cm³/mol. The molecule has 1 spiro atoms. The molecular weight excluding hydrogens is 436 g/mol. The minimum atomic E-state index is -1.62. The Morgan fingerprint density at radius 2 is 1.65 bits per heavy atom. The highest BCUT2D eigenvalue weighted by molar-refractivity contribution is 5.23. The average molecular weight is 479 g/mol. The molecule has 14 atom stereocenters. The molecule has 2 aliphatic heterocycles. The lowest BCUT2D eigenvalue weighted by molar-refractivity contribution is -0.324. The van der Waals surface area contributed by atoms with Gasteiger partial charge in [-0.1, -0.05) is 32.9 Å². The van der Waals surface area contributed by atoms with Crippen LogP contribution in [0.5, 0.6) is 0 Å². The van der Waals surface area contributed by atoms with E-state index < -0.39 is 41.2 Å². The zero-order valence-corrected chi connectivity index (χ0v) is 20.7. The maximum Gasteiger partial charge on any atom is 0.172 e. The molecule has 5 N–H and O–H groups in total. The maximum absolute atomic E-state index is 11.7. The van der Waals surface area contributed by atoms with Crippen LogP contribution in [0.3, 0.4) is 0 Å². The number of aliphatic hydroxyl groups is 5. The van der Waals surface area contributed by atoms with Crippen LogP contribution in [-0.4, -0.2) is 74.0 Å². The molecule has 4 aliphatic carbocycles. The van der Waals surface area contributed by atoms with E-state index in [2.05, 4.69) is 20.4 Å². The molecular formula is C27H42O7. The number of rotatable bonds is 0. The van der Waals surface area contributed by atoms with E-state index in [4.69, 9.17) is 9.47 Å². The molecule has 192 valence electrons. The molecule has 7 nitrogen and oxygen atoms in total. The second-order valence-corrected chi connectivity index (χ2v) is 13.1. The van der Waals surface area contributed by atoms with Crippen LogP contribution >= 0.6 is 0 Å². The Labute approximate surface area is 202 Å². The van der Waals surface area contributed by atoms with Gasteiger partial charge < -0.3 is 35.0 Å². The van der Waals surface area contributed by atoms with Gasteiger partial charge in [0.1, 0.15) is 23.9 Å². The summed E-state index contributed by atoms with van der Waals surface area (Å²) >= 11 is 0. The normalized spacial score (nSPS) is 63.2. The molecule has 0 amide bonds. The fourth-order valence-corrected chi connectivity index (χ4v) is 10.2. The van der Waals surface area contributed by atoms with Crippen LogP contribution < -0.4 is 0 Å². The smallest absolute Gasteiger partial charge is 0.172 e. The van der Waals surface area contributed by atoms with Crippen LogP contribution in [-0.2, 0) is 9.47 Å². The summed E-state index contributed by atoms with van der Waals surface area (Å²) in [5, 5.41) is 54.6. The van der Waals surface area contributed by atoms with Crippen LogP contribution in [0.1, 0.15) is 65.7 Å². The molecule has 34 heavy (non-hydrogen) atoms. The first-order valence-electron chi connectivity index (χ1n) is 13.3. The number of fused-ring (bicyclic) bond motifs is 7. The summed E-state index contributed by atoms with van der Waals surface area (Å²) in [5.74, 6) is 0.768. The molecule has 6 rings (SSSR count). The number of ether oxygens (including phenoxy) is 2. The average Bonchev–Trinajstić information content (AvgIpc) is 3.25. The quantitative estimate of drug-likeness (QED) is 0.337. The molecule has 0 aromatic rings. The number of hydrogen-bond acceptors (Lipinski definition) is 7. The predicted octanol–water partition coefficient (Wildman–Crippen LogP) is 1.74. The Morgan fingerprint density at radius 1 is 0.941 bits per heavy atom. The lowest BCUT2D eigenvalue weighted by Crippen LogP contribution is -2.77. The molecule has 6 aliphatic rings. The van der Waals surface area contributed by atoms with Crippen molar-refractivity contribution < 1.29 is 35.0 Å². The molecule has 6 fully saturated rings. The summed E-state index contributed by atoms with van der Waals surface area (Å²) < 4.78 is 13.1. The van der Waals surface area contributed by atoms with Crippen molar-refractivity contribution in [1.29, 1.82) is 0 Å². The second-order valence-electron chi connectivity index (χ2n) is 13.1. The van der Waals surface area contributed by atoms with E-state index in [1.165, 1.54) is 0 Å². The van der Waals surface area contributed by atoms with Crippen LogP contribution in [0.25, 0.3) is 0 Å². The second kappa shape index (κ2) is 7.27. The zero-order valence-electron chi connectivity index (χ0n) is 20.7. The van der Waals surface area contributed by atoms with E-state index in [1.807, 2.05) is 6.92 Å². The van der Waals surface area contributed by atoms with Crippen molar-refractivity contribution in [3.8, 4) is 0 Å². The lowest BCUT2D eigenvalue weighted by Gasteiger charge is -2.67. The monoisotopic (exact) mass is 478 g/mol. The van der Waals surface area contributed by atoms with E-state index in [-0.39, 0.29) is 29.3 Å². The van der Waals surface area contributed by atoms with E-state index in [0.717, 1.165) is 44.1 Å². The van der Waals surface area contributed by atoms with Crippen molar-refractivity contribution in [3.05, 3.63) is 12.2 Å². The number of aliphatic hydroxyl groups excluding tert-OH is 4. The van der Waals surface area contributed by atoms with Gasteiger partial charge in [-0.3, -0.25) is 0 Å². The third-order valence-electron chi connectivity index (χ3n) is 12.1. The van der Waals surface area contributed by atoms with Crippen molar-refractivity contribution in [2.24, 2.45) is 40.4 Å². The highest BCUT2D eigenvalue weighted by atomic mass is 16.7. The fraction of sp³-hybridized carbons (Fsp3) is 0.926. The van der Waals surface area contributed by atoms with Gasteiger partial charge in [-0.15, -0.1) is 0 Å². The summed E-state index contributed by atoms with van der Waals surface area (Å²) in [6.45, 7) is 11.2. The topological polar surface area (TPSA) is 120 Å². The molecule has 0 aromatic heterocycles. The van der Waals surface area contributed by atoms with Gasteiger partial charge in [0.05, 0.1) is 18.8 Å². The van der Waals surface area contributed by atoms with Crippen molar-refractivity contribution in [2.75, 3.05) is 6.61 Å². The van der Waals surface area contributed by atoms with E-state index in [0.29, 0.717) is 24.9 Å². The summed E-state index contributed by atoms with van der Waals surface area (Å²) in [6.07, 6.45) is -0.118. The van der Waals surface area contributed by atoms with Crippen LogP contribution in [0, 0.1) is 40.4 Å². The molecule has 7 heteroatoms. The Balaban J connectivity index is 1.31.